The van der Waals surface area contributed by atoms with Crippen LogP contribution in [0.2, 0.25) is 0 Å². The maximum atomic E-state index is 5.78. The first-order valence-corrected chi connectivity index (χ1v) is 4.93. The molecule has 0 bridgehead atoms. The van der Waals surface area contributed by atoms with Gasteiger partial charge in [-0.25, -0.2) is 0 Å². The Kier molecular flexibility index (Phi) is 1.66. The first-order chi connectivity index (χ1) is 6.93. The van der Waals surface area contributed by atoms with Gasteiger partial charge in [-0.3, -0.25) is 4.98 Å². The van der Waals surface area contributed by atoms with E-state index in [2.05, 4.69) is 17.1 Å². The molecule has 1 aromatic heterocycles. The standard InChI is InChI=1S/C12H11NO/c1-2-4-11-9(3-1)7-13-8-12(11)14-10-5-6-10/h1-4,7-8,10H,5-6H2. The largest absolute Gasteiger partial charge is 0.488 e. The quantitative estimate of drug-likeness (QED) is 0.717. The first kappa shape index (κ1) is 7.80. The van der Waals surface area contributed by atoms with Crippen LogP contribution in [0.3, 0.4) is 0 Å². The number of pyridine rings is 1. The van der Waals surface area contributed by atoms with Crippen LogP contribution in [0.25, 0.3) is 10.8 Å². The summed E-state index contributed by atoms with van der Waals surface area (Å²) in [5, 5.41) is 2.31. The Labute approximate surface area is 82.5 Å². The van der Waals surface area contributed by atoms with Gasteiger partial charge in [0, 0.05) is 17.0 Å². The van der Waals surface area contributed by atoms with E-state index in [-0.39, 0.29) is 0 Å². The molecule has 1 aliphatic carbocycles. The number of nitrogens with zero attached hydrogens (tertiary/aromatic N) is 1. The van der Waals surface area contributed by atoms with Gasteiger partial charge in [-0.2, -0.15) is 0 Å². The Morgan fingerprint density at radius 1 is 1.14 bits per heavy atom. The van der Waals surface area contributed by atoms with Crippen LogP contribution < -0.4 is 4.74 Å². The van der Waals surface area contributed by atoms with E-state index in [1.807, 2.05) is 18.3 Å². The number of rotatable bonds is 2. The third-order valence-corrected chi connectivity index (χ3v) is 2.45. The van der Waals surface area contributed by atoms with Crippen molar-refractivity contribution in [2.45, 2.75) is 18.9 Å². The fraction of sp³-hybridized carbons (Fsp3) is 0.250. The lowest BCUT2D eigenvalue weighted by Crippen LogP contribution is -1.96. The summed E-state index contributed by atoms with van der Waals surface area (Å²) in [6, 6.07) is 8.18. The molecule has 0 amide bonds. The smallest absolute Gasteiger partial charge is 0.145 e. The number of aromatic nitrogens is 1. The number of ether oxygens (including phenoxy) is 1. The predicted molar refractivity (Wildman–Crippen MR) is 55.4 cm³/mol. The molecule has 1 fully saturated rings. The molecule has 70 valence electrons. The molecule has 0 radical (unpaired) electrons. The van der Waals surface area contributed by atoms with E-state index in [9.17, 15) is 0 Å². The van der Waals surface area contributed by atoms with Gasteiger partial charge < -0.3 is 4.74 Å². The van der Waals surface area contributed by atoms with Crippen LogP contribution in [0.5, 0.6) is 5.75 Å². The minimum Gasteiger partial charge on any atom is -0.488 e. The molecule has 1 aromatic carbocycles. The number of hydrogen-bond donors (Lipinski definition) is 0. The highest BCUT2D eigenvalue weighted by molar-refractivity contribution is 5.87. The lowest BCUT2D eigenvalue weighted by molar-refractivity contribution is 0.306. The lowest BCUT2D eigenvalue weighted by Gasteiger charge is -2.06. The van der Waals surface area contributed by atoms with E-state index in [1.165, 1.54) is 12.8 Å². The minimum absolute atomic E-state index is 0.433. The molecule has 2 heteroatoms. The molecule has 1 heterocycles. The van der Waals surface area contributed by atoms with E-state index in [4.69, 9.17) is 4.74 Å². The third-order valence-electron chi connectivity index (χ3n) is 2.45. The van der Waals surface area contributed by atoms with Crippen LogP contribution in [0.1, 0.15) is 12.8 Å². The molecule has 14 heavy (non-hydrogen) atoms. The van der Waals surface area contributed by atoms with Gasteiger partial charge >= 0.3 is 0 Å². The highest BCUT2D eigenvalue weighted by Gasteiger charge is 2.24. The van der Waals surface area contributed by atoms with E-state index < -0.39 is 0 Å². The Bertz CT molecular complexity index is 457. The first-order valence-electron chi connectivity index (χ1n) is 4.93. The van der Waals surface area contributed by atoms with Crippen molar-refractivity contribution in [2.75, 3.05) is 0 Å². The summed E-state index contributed by atoms with van der Waals surface area (Å²) in [7, 11) is 0. The second kappa shape index (κ2) is 2.98. The Hall–Kier alpha value is -1.57. The monoisotopic (exact) mass is 185 g/mol. The maximum Gasteiger partial charge on any atom is 0.145 e. The molecule has 0 saturated heterocycles. The Balaban J connectivity index is 2.11. The van der Waals surface area contributed by atoms with Crippen molar-refractivity contribution in [1.82, 2.24) is 4.98 Å². The predicted octanol–water partition coefficient (Wildman–Crippen LogP) is 2.78. The van der Waals surface area contributed by atoms with E-state index >= 15 is 0 Å². The molecule has 2 aromatic rings. The normalized spacial score (nSPS) is 15.7. The SMILES string of the molecule is c1ccc2c(OC3CC3)cncc2c1. The minimum atomic E-state index is 0.433. The molecule has 0 spiro atoms. The number of benzene rings is 1. The zero-order valence-corrected chi connectivity index (χ0v) is 7.81. The van der Waals surface area contributed by atoms with E-state index in [1.54, 1.807) is 6.20 Å². The van der Waals surface area contributed by atoms with Gasteiger partial charge in [0.1, 0.15) is 5.75 Å². The summed E-state index contributed by atoms with van der Waals surface area (Å²) >= 11 is 0. The summed E-state index contributed by atoms with van der Waals surface area (Å²) < 4.78 is 5.78. The van der Waals surface area contributed by atoms with Gasteiger partial charge in [-0.05, 0) is 12.8 Å². The van der Waals surface area contributed by atoms with Gasteiger partial charge in [0.15, 0.2) is 0 Å². The van der Waals surface area contributed by atoms with Crippen molar-refractivity contribution in [2.24, 2.45) is 0 Å². The topological polar surface area (TPSA) is 22.1 Å². The summed E-state index contributed by atoms with van der Waals surface area (Å²) in [5.74, 6) is 0.922. The van der Waals surface area contributed by atoms with Gasteiger partial charge in [0.2, 0.25) is 0 Å². The van der Waals surface area contributed by atoms with Crippen molar-refractivity contribution < 1.29 is 4.74 Å². The molecule has 0 N–H and O–H groups in total. The van der Waals surface area contributed by atoms with Crippen LogP contribution >= 0.6 is 0 Å². The number of fused-ring (bicyclic) bond motifs is 1. The van der Waals surface area contributed by atoms with Gasteiger partial charge in [-0.15, -0.1) is 0 Å². The fourth-order valence-corrected chi connectivity index (χ4v) is 1.55. The molecule has 1 saturated carbocycles. The molecule has 2 nitrogen and oxygen atoms in total. The van der Waals surface area contributed by atoms with Crippen LogP contribution in [0.4, 0.5) is 0 Å². The van der Waals surface area contributed by atoms with Crippen molar-refractivity contribution in [3.63, 3.8) is 0 Å². The van der Waals surface area contributed by atoms with Crippen LogP contribution in [-0.2, 0) is 0 Å². The molecular formula is C12H11NO. The summed E-state index contributed by atoms with van der Waals surface area (Å²) in [6.45, 7) is 0. The average Bonchev–Trinajstić information content (AvgIpc) is 3.03. The molecule has 0 aliphatic heterocycles. The second-order valence-corrected chi connectivity index (χ2v) is 3.68. The van der Waals surface area contributed by atoms with Crippen LogP contribution in [0, 0.1) is 0 Å². The summed E-state index contributed by atoms with van der Waals surface area (Å²) in [5.41, 5.74) is 0. The highest BCUT2D eigenvalue weighted by atomic mass is 16.5. The lowest BCUT2D eigenvalue weighted by atomic mass is 10.2. The zero-order valence-electron chi connectivity index (χ0n) is 7.81. The molecule has 3 rings (SSSR count). The summed E-state index contributed by atoms with van der Waals surface area (Å²) in [6.07, 6.45) is 6.48. The van der Waals surface area contributed by atoms with E-state index in [0.29, 0.717) is 6.10 Å². The number of hydrogen-bond acceptors (Lipinski definition) is 2. The fourth-order valence-electron chi connectivity index (χ4n) is 1.55. The van der Waals surface area contributed by atoms with E-state index in [0.717, 1.165) is 16.5 Å². The van der Waals surface area contributed by atoms with Crippen LogP contribution in [0.15, 0.2) is 36.7 Å². The molecule has 0 unspecified atom stereocenters. The second-order valence-electron chi connectivity index (χ2n) is 3.68. The third kappa shape index (κ3) is 1.33. The average molecular weight is 185 g/mol. The van der Waals surface area contributed by atoms with Crippen molar-refractivity contribution >= 4 is 10.8 Å². The van der Waals surface area contributed by atoms with Gasteiger partial charge in [-0.1, -0.05) is 24.3 Å². The van der Waals surface area contributed by atoms with Crippen molar-refractivity contribution in [3.8, 4) is 5.75 Å². The molecule has 0 atom stereocenters. The van der Waals surface area contributed by atoms with Crippen LogP contribution in [-0.4, -0.2) is 11.1 Å². The van der Waals surface area contributed by atoms with Crippen molar-refractivity contribution in [3.05, 3.63) is 36.7 Å². The summed E-state index contributed by atoms with van der Waals surface area (Å²) in [4.78, 5) is 4.17. The Morgan fingerprint density at radius 2 is 2.00 bits per heavy atom. The zero-order chi connectivity index (χ0) is 9.38. The maximum absolute atomic E-state index is 5.78. The highest BCUT2D eigenvalue weighted by Crippen LogP contribution is 2.30. The van der Waals surface area contributed by atoms with Gasteiger partial charge in [0.25, 0.3) is 0 Å². The molecule has 1 aliphatic rings. The Morgan fingerprint density at radius 3 is 2.86 bits per heavy atom. The van der Waals surface area contributed by atoms with Crippen molar-refractivity contribution in [1.29, 1.82) is 0 Å². The molecular weight excluding hydrogens is 174 g/mol. The van der Waals surface area contributed by atoms with Gasteiger partial charge in [0.05, 0.1) is 12.3 Å².